The molecule has 2 aromatic carbocycles. The van der Waals surface area contributed by atoms with E-state index in [1.54, 1.807) is 12.1 Å². The number of thioether (sulfide) groups is 1. The van der Waals surface area contributed by atoms with Gasteiger partial charge in [0.2, 0.25) is 5.91 Å². The zero-order chi connectivity index (χ0) is 23.3. The van der Waals surface area contributed by atoms with E-state index in [9.17, 15) is 18.8 Å². The first-order valence-electron chi connectivity index (χ1n) is 9.72. The van der Waals surface area contributed by atoms with Gasteiger partial charge in [0.1, 0.15) is 12.4 Å². The van der Waals surface area contributed by atoms with Crippen LogP contribution in [0.15, 0.2) is 41.3 Å². The maximum atomic E-state index is 13.0. The Morgan fingerprint density at radius 3 is 2.50 bits per heavy atom. The molecule has 3 amide bonds. The van der Waals surface area contributed by atoms with Gasteiger partial charge >= 0.3 is 0 Å². The molecule has 168 valence electrons. The van der Waals surface area contributed by atoms with E-state index in [0.29, 0.717) is 36.0 Å². The lowest BCUT2D eigenvalue weighted by Crippen LogP contribution is -2.36. The predicted octanol–water partition coefficient (Wildman–Crippen LogP) is 4.90. The monoisotopic (exact) mass is 570 g/mol. The number of anilines is 1. The molecule has 0 unspecified atom stereocenters. The molecule has 0 bridgehead atoms. The first-order chi connectivity index (χ1) is 15.3. The van der Waals surface area contributed by atoms with Gasteiger partial charge in [-0.3, -0.25) is 19.3 Å². The summed E-state index contributed by atoms with van der Waals surface area (Å²) in [6.07, 6.45) is 1.59. The standard InChI is InChI=1S/C22H20FIN2O5S/c1-3-30-17-10-13(9-16(24)20(17)31-4-2)11-18-21(28)26(22(29)32-18)12-19(27)25-15-7-5-14(23)6-8-15/h5-11H,3-4,12H2,1-2H3,(H,25,27)/b18-11-. The van der Waals surface area contributed by atoms with Crippen molar-refractivity contribution in [3.63, 3.8) is 0 Å². The highest BCUT2D eigenvalue weighted by molar-refractivity contribution is 14.1. The van der Waals surface area contributed by atoms with E-state index in [-0.39, 0.29) is 4.91 Å². The average Bonchev–Trinajstić information content (AvgIpc) is 3.00. The van der Waals surface area contributed by atoms with Crippen molar-refractivity contribution in [1.82, 2.24) is 4.90 Å². The Hall–Kier alpha value is -2.60. The number of amides is 3. The normalized spacial score (nSPS) is 14.8. The Bertz CT molecular complexity index is 1070. The molecular formula is C22H20FIN2O5S. The number of imide groups is 1. The van der Waals surface area contributed by atoms with Gasteiger partial charge in [0.25, 0.3) is 11.1 Å². The minimum Gasteiger partial charge on any atom is -0.490 e. The van der Waals surface area contributed by atoms with Crippen molar-refractivity contribution < 1.29 is 28.2 Å². The van der Waals surface area contributed by atoms with Crippen LogP contribution in [0.1, 0.15) is 19.4 Å². The summed E-state index contributed by atoms with van der Waals surface area (Å²) in [7, 11) is 0. The van der Waals surface area contributed by atoms with E-state index in [0.717, 1.165) is 20.2 Å². The Balaban J connectivity index is 1.76. The minimum absolute atomic E-state index is 0.201. The van der Waals surface area contributed by atoms with Crippen molar-refractivity contribution in [3.8, 4) is 11.5 Å². The molecule has 1 aliphatic heterocycles. The summed E-state index contributed by atoms with van der Waals surface area (Å²) in [6.45, 7) is 4.22. The first-order valence-corrected chi connectivity index (χ1v) is 11.6. The van der Waals surface area contributed by atoms with Gasteiger partial charge in [-0.15, -0.1) is 0 Å². The van der Waals surface area contributed by atoms with Crippen molar-refractivity contribution in [3.05, 3.63) is 56.3 Å². The highest BCUT2D eigenvalue weighted by atomic mass is 127. The van der Waals surface area contributed by atoms with Gasteiger partial charge in [-0.1, -0.05) is 0 Å². The van der Waals surface area contributed by atoms with Crippen molar-refractivity contribution in [2.75, 3.05) is 25.1 Å². The third-order valence-electron chi connectivity index (χ3n) is 4.22. The second-order valence-corrected chi connectivity index (χ2v) is 8.67. The molecule has 0 radical (unpaired) electrons. The number of nitrogens with zero attached hydrogens (tertiary/aromatic N) is 1. The summed E-state index contributed by atoms with van der Waals surface area (Å²) < 4.78 is 25.1. The van der Waals surface area contributed by atoms with E-state index in [1.807, 2.05) is 19.9 Å². The van der Waals surface area contributed by atoms with E-state index >= 15 is 0 Å². The minimum atomic E-state index is -0.561. The molecule has 1 aliphatic rings. The van der Waals surface area contributed by atoms with E-state index in [1.165, 1.54) is 24.3 Å². The highest BCUT2D eigenvalue weighted by Crippen LogP contribution is 2.37. The van der Waals surface area contributed by atoms with Crippen LogP contribution in [0.25, 0.3) is 6.08 Å². The average molecular weight is 570 g/mol. The number of benzene rings is 2. The first kappa shape index (κ1) is 24.1. The van der Waals surface area contributed by atoms with Crippen LogP contribution in [-0.2, 0) is 9.59 Å². The molecule has 1 N–H and O–H groups in total. The van der Waals surface area contributed by atoms with Gasteiger partial charge in [0.15, 0.2) is 11.5 Å². The zero-order valence-corrected chi connectivity index (χ0v) is 20.3. The molecule has 0 atom stereocenters. The molecule has 1 fully saturated rings. The van der Waals surface area contributed by atoms with Crippen LogP contribution in [0.3, 0.4) is 0 Å². The molecule has 32 heavy (non-hydrogen) atoms. The topological polar surface area (TPSA) is 84.9 Å². The van der Waals surface area contributed by atoms with Crippen LogP contribution >= 0.6 is 34.4 Å². The molecular weight excluding hydrogens is 550 g/mol. The van der Waals surface area contributed by atoms with Gasteiger partial charge in [-0.05, 0) is 96.2 Å². The van der Waals surface area contributed by atoms with E-state index in [2.05, 4.69) is 27.9 Å². The maximum Gasteiger partial charge on any atom is 0.294 e. The third kappa shape index (κ3) is 5.80. The van der Waals surface area contributed by atoms with Gasteiger partial charge < -0.3 is 14.8 Å². The summed E-state index contributed by atoms with van der Waals surface area (Å²) in [5.41, 5.74) is 1.04. The maximum absolute atomic E-state index is 13.0. The van der Waals surface area contributed by atoms with Crippen molar-refractivity contribution in [2.45, 2.75) is 13.8 Å². The fourth-order valence-corrected chi connectivity index (χ4v) is 4.50. The summed E-state index contributed by atoms with van der Waals surface area (Å²) in [4.78, 5) is 38.4. The number of halogens is 2. The lowest BCUT2D eigenvalue weighted by atomic mass is 10.2. The van der Waals surface area contributed by atoms with Crippen molar-refractivity contribution >= 4 is 63.2 Å². The Kier molecular flexibility index (Phi) is 8.13. The van der Waals surface area contributed by atoms with E-state index < -0.39 is 29.4 Å². The summed E-state index contributed by atoms with van der Waals surface area (Å²) in [5.74, 6) is -0.385. The zero-order valence-electron chi connectivity index (χ0n) is 17.3. The van der Waals surface area contributed by atoms with Crippen molar-refractivity contribution in [1.29, 1.82) is 0 Å². The smallest absolute Gasteiger partial charge is 0.294 e. The molecule has 10 heteroatoms. The molecule has 1 heterocycles. The highest BCUT2D eigenvalue weighted by Gasteiger charge is 2.36. The van der Waals surface area contributed by atoms with Gasteiger partial charge in [-0.25, -0.2) is 4.39 Å². The lowest BCUT2D eigenvalue weighted by Gasteiger charge is -2.14. The summed E-state index contributed by atoms with van der Waals surface area (Å²) in [5, 5.41) is 2.00. The number of carbonyl (C=O) groups excluding carboxylic acids is 3. The second-order valence-electron chi connectivity index (χ2n) is 6.52. The number of hydrogen-bond acceptors (Lipinski definition) is 6. The molecule has 0 aromatic heterocycles. The molecule has 0 saturated carbocycles. The Morgan fingerprint density at radius 1 is 1.16 bits per heavy atom. The quantitative estimate of drug-likeness (QED) is 0.359. The molecule has 0 aliphatic carbocycles. The summed E-state index contributed by atoms with van der Waals surface area (Å²) >= 11 is 2.88. The number of carbonyl (C=O) groups is 3. The van der Waals surface area contributed by atoms with Crippen molar-refractivity contribution in [2.24, 2.45) is 0 Å². The number of nitrogens with one attached hydrogen (secondary N) is 1. The molecule has 2 aromatic rings. The molecule has 7 nitrogen and oxygen atoms in total. The van der Waals surface area contributed by atoms with Crippen LogP contribution in [-0.4, -0.2) is 41.7 Å². The summed E-state index contributed by atoms with van der Waals surface area (Å²) in [6, 6.07) is 8.75. The second kappa shape index (κ2) is 10.8. The van der Waals surface area contributed by atoms with Gasteiger partial charge in [0, 0.05) is 5.69 Å². The van der Waals surface area contributed by atoms with Crippen LogP contribution in [0, 0.1) is 9.39 Å². The predicted molar refractivity (Wildman–Crippen MR) is 129 cm³/mol. The van der Waals surface area contributed by atoms with Crippen LogP contribution in [0.2, 0.25) is 0 Å². The van der Waals surface area contributed by atoms with E-state index in [4.69, 9.17) is 9.47 Å². The lowest BCUT2D eigenvalue weighted by molar-refractivity contribution is -0.127. The third-order valence-corrected chi connectivity index (χ3v) is 5.93. The fraction of sp³-hybridized carbons (Fsp3) is 0.227. The van der Waals surface area contributed by atoms with Gasteiger partial charge in [0.05, 0.1) is 21.7 Å². The molecule has 3 rings (SSSR count). The molecule has 1 saturated heterocycles. The fourth-order valence-electron chi connectivity index (χ4n) is 2.88. The van der Waals surface area contributed by atoms with Crippen LogP contribution in [0.5, 0.6) is 11.5 Å². The number of hydrogen-bond donors (Lipinski definition) is 1. The molecule has 0 spiro atoms. The Labute approximate surface area is 202 Å². The van der Waals surface area contributed by atoms with Crippen LogP contribution in [0.4, 0.5) is 14.9 Å². The number of rotatable bonds is 8. The SMILES string of the molecule is CCOc1cc(/C=C2\SC(=O)N(CC(=O)Nc3ccc(F)cc3)C2=O)cc(I)c1OCC. The number of ether oxygens (including phenoxy) is 2. The van der Waals surface area contributed by atoms with Crippen LogP contribution < -0.4 is 14.8 Å². The van der Waals surface area contributed by atoms with Gasteiger partial charge in [-0.2, -0.15) is 0 Å². The largest absolute Gasteiger partial charge is 0.490 e. The Morgan fingerprint density at radius 2 is 1.84 bits per heavy atom.